The summed E-state index contributed by atoms with van der Waals surface area (Å²) < 4.78 is 1.93. The number of carbonyl (C=O) groups is 1. The maximum atomic E-state index is 12.6. The van der Waals surface area contributed by atoms with E-state index in [4.69, 9.17) is 0 Å². The summed E-state index contributed by atoms with van der Waals surface area (Å²) >= 11 is 1.34. The van der Waals surface area contributed by atoms with Crippen molar-refractivity contribution < 1.29 is 4.79 Å². The molecule has 4 rings (SSSR count). The summed E-state index contributed by atoms with van der Waals surface area (Å²) in [6.45, 7) is 4.09. The average Bonchev–Trinajstić information content (AvgIpc) is 3.39. The van der Waals surface area contributed by atoms with Gasteiger partial charge in [-0.1, -0.05) is 36.4 Å². The summed E-state index contributed by atoms with van der Waals surface area (Å²) in [5.74, 6) is 0.811. The Hall–Kier alpha value is -3.39. The molecule has 4 aromatic rings. The number of aromatic nitrogens is 5. The van der Waals surface area contributed by atoms with E-state index < -0.39 is 0 Å². The Morgan fingerprint density at radius 2 is 1.93 bits per heavy atom. The van der Waals surface area contributed by atoms with Gasteiger partial charge in [-0.25, -0.2) is 9.97 Å². The minimum absolute atomic E-state index is 0.205. The number of benzene rings is 1. The Kier molecular flexibility index (Phi) is 4.94. The van der Waals surface area contributed by atoms with E-state index in [1.54, 1.807) is 18.6 Å². The minimum atomic E-state index is -0.290. The summed E-state index contributed by atoms with van der Waals surface area (Å²) in [6, 6.07) is 15.5. The maximum absolute atomic E-state index is 12.6. The lowest BCUT2D eigenvalue weighted by Crippen LogP contribution is -2.13. The average molecular weight is 390 g/mol. The van der Waals surface area contributed by atoms with Gasteiger partial charge in [-0.15, -0.1) is 21.5 Å². The first-order valence-corrected chi connectivity index (χ1v) is 9.63. The van der Waals surface area contributed by atoms with E-state index in [-0.39, 0.29) is 11.9 Å². The minimum Gasteiger partial charge on any atom is -0.310 e. The van der Waals surface area contributed by atoms with E-state index in [2.05, 4.69) is 25.5 Å². The monoisotopic (exact) mass is 390 g/mol. The first kappa shape index (κ1) is 18.0. The molecule has 0 atom stereocenters. The van der Waals surface area contributed by atoms with E-state index in [1.165, 1.54) is 11.3 Å². The molecule has 140 valence electrons. The lowest BCUT2D eigenvalue weighted by Gasteiger charge is -2.10. The molecule has 0 fully saturated rings. The second-order valence-electron chi connectivity index (χ2n) is 6.41. The van der Waals surface area contributed by atoms with Crippen molar-refractivity contribution in [2.24, 2.45) is 0 Å². The molecular formula is C20H18N6OS. The van der Waals surface area contributed by atoms with Gasteiger partial charge in [-0.3, -0.25) is 4.79 Å². The number of hydrogen-bond acceptors (Lipinski definition) is 6. The summed E-state index contributed by atoms with van der Waals surface area (Å²) in [4.78, 5) is 22.3. The zero-order chi connectivity index (χ0) is 19.5. The van der Waals surface area contributed by atoms with Crippen LogP contribution in [0.1, 0.15) is 29.7 Å². The van der Waals surface area contributed by atoms with Crippen LogP contribution in [0.2, 0.25) is 0 Å². The molecule has 0 saturated heterocycles. The predicted octanol–water partition coefficient (Wildman–Crippen LogP) is 4.30. The molecule has 7 nitrogen and oxygen atoms in total. The Morgan fingerprint density at radius 3 is 2.71 bits per heavy atom. The zero-order valence-electron chi connectivity index (χ0n) is 15.4. The molecule has 0 aliphatic heterocycles. The van der Waals surface area contributed by atoms with E-state index in [0.29, 0.717) is 22.3 Å². The number of hydrogen-bond donors (Lipinski definition) is 1. The lowest BCUT2D eigenvalue weighted by atomic mass is 10.2. The van der Waals surface area contributed by atoms with Crippen LogP contribution in [0, 0.1) is 0 Å². The van der Waals surface area contributed by atoms with Crippen LogP contribution in [0.3, 0.4) is 0 Å². The summed E-state index contributed by atoms with van der Waals surface area (Å²) in [5, 5.41) is 11.3. The molecule has 1 N–H and O–H groups in total. The van der Waals surface area contributed by atoms with Gasteiger partial charge in [0.25, 0.3) is 5.91 Å². The van der Waals surface area contributed by atoms with Crippen molar-refractivity contribution in [2.75, 3.05) is 5.32 Å². The van der Waals surface area contributed by atoms with Crippen molar-refractivity contribution in [3.63, 3.8) is 0 Å². The van der Waals surface area contributed by atoms with Crippen molar-refractivity contribution >= 4 is 23.1 Å². The molecule has 0 aliphatic rings. The summed E-state index contributed by atoms with van der Waals surface area (Å²) in [7, 11) is 0. The molecular weight excluding hydrogens is 372 g/mol. The normalized spacial score (nSPS) is 11.0. The Bertz CT molecular complexity index is 1100. The number of pyridine rings is 1. The fourth-order valence-electron chi connectivity index (χ4n) is 2.72. The summed E-state index contributed by atoms with van der Waals surface area (Å²) in [6.07, 6.45) is 3.39. The standard InChI is InChI=1S/C20H18N6OS/c1-13(2)26-12-22-25-18(26)15-9-6-10-17(23-15)24-19(27)20-21-11-16(28-20)14-7-4-3-5-8-14/h3-13H,1-2H3,(H,23,24,27). The van der Waals surface area contributed by atoms with E-state index >= 15 is 0 Å². The largest absolute Gasteiger partial charge is 0.310 e. The van der Waals surface area contributed by atoms with E-state index in [1.807, 2.05) is 60.9 Å². The molecule has 0 saturated carbocycles. The second kappa shape index (κ2) is 7.69. The van der Waals surface area contributed by atoms with Crippen LogP contribution in [-0.4, -0.2) is 30.6 Å². The molecule has 0 radical (unpaired) electrons. The Labute approximate surface area is 166 Å². The van der Waals surface area contributed by atoms with E-state index in [9.17, 15) is 4.79 Å². The molecule has 3 aromatic heterocycles. The molecule has 0 unspecified atom stereocenters. The molecule has 0 spiro atoms. The molecule has 28 heavy (non-hydrogen) atoms. The maximum Gasteiger partial charge on any atom is 0.285 e. The van der Waals surface area contributed by atoms with Gasteiger partial charge >= 0.3 is 0 Å². The molecule has 8 heteroatoms. The number of rotatable bonds is 5. The van der Waals surface area contributed by atoms with Gasteiger partial charge in [0.05, 0.1) is 4.88 Å². The molecule has 1 aromatic carbocycles. The first-order chi connectivity index (χ1) is 13.6. The van der Waals surface area contributed by atoms with Crippen LogP contribution in [0.5, 0.6) is 0 Å². The van der Waals surface area contributed by atoms with Crippen molar-refractivity contribution in [3.05, 3.63) is 66.1 Å². The van der Waals surface area contributed by atoms with Gasteiger partial charge in [0, 0.05) is 12.2 Å². The first-order valence-electron chi connectivity index (χ1n) is 8.81. The van der Waals surface area contributed by atoms with Gasteiger partial charge in [0.1, 0.15) is 17.8 Å². The number of thiazole rings is 1. The topological polar surface area (TPSA) is 85.6 Å². The highest BCUT2D eigenvalue weighted by Crippen LogP contribution is 2.26. The Balaban J connectivity index is 1.54. The van der Waals surface area contributed by atoms with Crippen molar-refractivity contribution in [1.29, 1.82) is 0 Å². The van der Waals surface area contributed by atoms with Gasteiger partial charge in [0.15, 0.2) is 10.8 Å². The third-order valence-electron chi connectivity index (χ3n) is 4.11. The highest BCUT2D eigenvalue weighted by Gasteiger charge is 2.15. The van der Waals surface area contributed by atoms with Crippen molar-refractivity contribution in [1.82, 2.24) is 24.7 Å². The lowest BCUT2D eigenvalue weighted by molar-refractivity contribution is 0.102. The fourth-order valence-corrected chi connectivity index (χ4v) is 3.53. The van der Waals surface area contributed by atoms with Crippen LogP contribution in [0.15, 0.2) is 61.1 Å². The number of nitrogens with one attached hydrogen (secondary N) is 1. The number of amides is 1. The van der Waals surface area contributed by atoms with Gasteiger partial charge < -0.3 is 9.88 Å². The zero-order valence-corrected chi connectivity index (χ0v) is 16.2. The van der Waals surface area contributed by atoms with Crippen LogP contribution < -0.4 is 5.32 Å². The smallest absolute Gasteiger partial charge is 0.285 e. The van der Waals surface area contributed by atoms with Crippen molar-refractivity contribution in [2.45, 2.75) is 19.9 Å². The third-order valence-corrected chi connectivity index (χ3v) is 5.15. The van der Waals surface area contributed by atoms with Gasteiger partial charge in [0.2, 0.25) is 0 Å². The summed E-state index contributed by atoms with van der Waals surface area (Å²) in [5.41, 5.74) is 1.68. The van der Waals surface area contributed by atoms with Crippen LogP contribution >= 0.6 is 11.3 Å². The Morgan fingerprint density at radius 1 is 1.11 bits per heavy atom. The SMILES string of the molecule is CC(C)n1cnnc1-c1cccc(NC(=O)c2ncc(-c3ccccc3)s2)n1. The highest BCUT2D eigenvalue weighted by atomic mass is 32.1. The predicted molar refractivity (Wildman–Crippen MR) is 109 cm³/mol. The fraction of sp³-hybridized carbons (Fsp3) is 0.150. The third kappa shape index (κ3) is 3.67. The molecule has 0 bridgehead atoms. The molecule has 3 heterocycles. The quantitative estimate of drug-likeness (QED) is 0.549. The van der Waals surface area contributed by atoms with E-state index in [0.717, 1.165) is 10.4 Å². The second-order valence-corrected chi connectivity index (χ2v) is 7.44. The number of carbonyl (C=O) groups excluding carboxylic acids is 1. The van der Waals surface area contributed by atoms with Gasteiger partial charge in [-0.2, -0.15) is 0 Å². The van der Waals surface area contributed by atoms with Crippen molar-refractivity contribution in [3.8, 4) is 22.0 Å². The van der Waals surface area contributed by atoms with Crippen LogP contribution in [0.25, 0.3) is 22.0 Å². The van der Waals surface area contributed by atoms with Crippen LogP contribution in [-0.2, 0) is 0 Å². The molecule has 1 amide bonds. The highest BCUT2D eigenvalue weighted by molar-refractivity contribution is 7.17. The molecule has 0 aliphatic carbocycles. The van der Waals surface area contributed by atoms with Gasteiger partial charge in [-0.05, 0) is 31.5 Å². The number of anilines is 1. The number of nitrogens with zero attached hydrogens (tertiary/aromatic N) is 5. The van der Waals surface area contributed by atoms with Crippen LogP contribution in [0.4, 0.5) is 5.82 Å².